The second-order valence-electron chi connectivity index (χ2n) is 7.10. The molecule has 0 atom stereocenters. The van der Waals surface area contributed by atoms with Crippen LogP contribution in [0.1, 0.15) is 31.7 Å². The largest absolute Gasteiger partial charge is 0.492 e. The van der Waals surface area contributed by atoms with Crippen molar-refractivity contribution in [3.05, 3.63) is 47.0 Å². The van der Waals surface area contributed by atoms with Gasteiger partial charge in [-0.2, -0.15) is 4.31 Å². The van der Waals surface area contributed by atoms with Crippen LogP contribution < -0.4 is 9.46 Å². The number of ether oxygens (including phenoxy) is 1. The number of piperidine rings is 1. The lowest BCUT2D eigenvalue weighted by Gasteiger charge is -2.27. The van der Waals surface area contributed by atoms with Gasteiger partial charge in [0.2, 0.25) is 10.0 Å². The van der Waals surface area contributed by atoms with Crippen molar-refractivity contribution in [3.8, 4) is 5.75 Å². The molecule has 1 heterocycles. The summed E-state index contributed by atoms with van der Waals surface area (Å²) in [7, 11) is -7.83. The third-order valence-corrected chi connectivity index (χ3v) is 8.59. The number of nitrogens with one attached hydrogen (secondary N) is 1. The van der Waals surface area contributed by atoms with Gasteiger partial charge in [0.1, 0.15) is 15.5 Å². The van der Waals surface area contributed by atoms with Crippen molar-refractivity contribution >= 4 is 37.3 Å². The number of aryl methyl sites for hydroxylation is 1. The Balaban J connectivity index is 1.99. The second kappa shape index (κ2) is 9.13. The summed E-state index contributed by atoms with van der Waals surface area (Å²) in [5, 5.41) is 0.0922. The minimum atomic E-state index is -4.00. The highest BCUT2D eigenvalue weighted by Gasteiger charge is 2.30. The molecule has 0 radical (unpaired) electrons. The van der Waals surface area contributed by atoms with Crippen molar-refractivity contribution in [2.45, 2.75) is 42.9 Å². The van der Waals surface area contributed by atoms with Crippen LogP contribution in [0.15, 0.2) is 46.2 Å². The van der Waals surface area contributed by atoms with Crippen LogP contribution in [-0.2, 0) is 20.0 Å². The molecule has 0 aromatic heterocycles. The molecule has 1 fully saturated rings. The van der Waals surface area contributed by atoms with Crippen molar-refractivity contribution in [1.29, 1.82) is 0 Å². The summed E-state index contributed by atoms with van der Waals surface area (Å²) >= 11 is 6.11. The van der Waals surface area contributed by atoms with E-state index in [1.807, 2.05) is 0 Å². The molecule has 30 heavy (non-hydrogen) atoms. The van der Waals surface area contributed by atoms with Gasteiger partial charge in [0.05, 0.1) is 17.3 Å². The van der Waals surface area contributed by atoms with Crippen molar-refractivity contribution in [3.63, 3.8) is 0 Å². The molecule has 2 aromatic carbocycles. The lowest BCUT2D eigenvalue weighted by atomic mass is 10.2. The van der Waals surface area contributed by atoms with Gasteiger partial charge >= 0.3 is 0 Å². The number of nitrogens with zero attached hydrogens (tertiary/aromatic N) is 1. The number of halogens is 1. The Morgan fingerprint density at radius 2 is 1.70 bits per heavy atom. The molecule has 0 amide bonds. The van der Waals surface area contributed by atoms with E-state index < -0.39 is 20.0 Å². The van der Waals surface area contributed by atoms with Gasteiger partial charge in [0, 0.05) is 13.1 Å². The smallest absolute Gasteiger partial charge is 0.263 e. The molecule has 7 nitrogen and oxygen atoms in total. The molecular weight excluding hydrogens is 448 g/mol. The molecule has 0 saturated carbocycles. The highest BCUT2D eigenvalue weighted by molar-refractivity contribution is 7.93. The van der Waals surface area contributed by atoms with E-state index in [9.17, 15) is 16.8 Å². The van der Waals surface area contributed by atoms with Crippen molar-refractivity contribution in [1.82, 2.24) is 4.31 Å². The summed E-state index contributed by atoms with van der Waals surface area (Å²) in [6.07, 6.45) is 2.57. The molecule has 1 N–H and O–H groups in total. The topological polar surface area (TPSA) is 92.8 Å². The molecule has 1 aliphatic heterocycles. The first-order valence-corrected chi connectivity index (χ1v) is 13.0. The minimum Gasteiger partial charge on any atom is -0.492 e. The van der Waals surface area contributed by atoms with E-state index in [0.717, 1.165) is 24.8 Å². The normalized spacial score (nSPS) is 15.7. The lowest BCUT2D eigenvalue weighted by Crippen LogP contribution is -2.35. The minimum absolute atomic E-state index is 0.0542. The van der Waals surface area contributed by atoms with Crippen LogP contribution in [0.25, 0.3) is 0 Å². The maximum atomic E-state index is 13.2. The van der Waals surface area contributed by atoms with Gasteiger partial charge in [0.25, 0.3) is 10.0 Å². The maximum absolute atomic E-state index is 13.2. The Morgan fingerprint density at radius 3 is 2.33 bits per heavy atom. The summed E-state index contributed by atoms with van der Waals surface area (Å²) in [6, 6.07) is 8.86. The zero-order valence-corrected chi connectivity index (χ0v) is 19.3. The number of hydrogen-bond donors (Lipinski definition) is 1. The number of rotatable bonds is 7. The monoisotopic (exact) mass is 472 g/mol. The van der Waals surface area contributed by atoms with E-state index in [2.05, 4.69) is 4.72 Å². The SMILES string of the molecule is CCOc1ccc(NS(=O)(=O)c2ccc(C)cc2Cl)cc1S(=O)(=O)N1CCCCC1. The van der Waals surface area contributed by atoms with E-state index in [0.29, 0.717) is 13.1 Å². The fourth-order valence-corrected chi connectivity index (χ4v) is 6.65. The van der Waals surface area contributed by atoms with E-state index in [1.54, 1.807) is 26.0 Å². The lowest BCUT2D eigenvalue weighted by molar-refractivity contribution is 0.323. The fraction of sp³-hybridized carbons (Fsp3) is 0.400. The summed E-state index contributed by atoms with van der Waals surface area (Å²) in [5.41, 5.74) is 0.945. The first-order valence-electron chi connectivity index (χ1n) is 9.71. The Morgan fingerprint density at radius 1 is 1.00 bits per heavy atom. The van der Waals surface area contributed by atoms with Crippen molar-refractivity contribution < 1.29 is 21.6 Å². The standard InChI is InChI=1S/C20H25ClN2O5S2/c1-3-28-18-9-8-16(14-20(18)30(26,27)23-11-5-4-6-12-23)22-29(24,25)19-10-7-15(2)13-17(19)21/h7-10,13-14,22H,3-6,11-12H2,1-2H3. The number of anilines is 1. The van der Waals surface area contributed by atoms with Crippen LogP contribution in [0.4, 0.5) is 5.69 Å². The summed E-state index contributed by atoms with van der Waals surface area (Å²) in [6.45, 7) is 4.71. The Bertz CT molecular complexity index is 1130. The fourth-order valence-electron chi connectivity index (χ4n) is 3.33. The van der Waals surface area contributed by atoms with Crippen LogP contribution in [-0.4, -0.2) is 40.8 Å². The maximum Gasteiger partial charge on any atom is 0.263 e. The quantitative estimate of drug-likeness (QED) is 0.656. The first kappa shape index (κ1) is 22.9. The highest BCUT2D eigenvalue weighted by atomic mass is 35.5. The zero-order chi connectivity index (χ0) is 21.9. The molecule has 0 unspecified atom stereocenters. The molecule has 2 aromatic rings. The Kier molecular flexibility index (Phi) is 6.96. The van der Waals surface area contributed by atoms with Gasteiger partial charge in [-0.15, -0.1) is 0 Å². The molecule has 1 saturated heterocycles. The highest BCUT2D eigenvalue weighted by Crippen LogP contribution is 2.33. The van der Waals surface area contributed by atoms with E-state index in [4.69, 9.17) is 16.3 Å². The Labute approximate surface area is 183 Å². The summed E-state index contributed by atoms with van der Waals surface area (Å²) < 4.78 is 61.4. The predicted molar refractivity (Wildman–Crippen MR) is 117 cm³/mol. The molecular formula is C20H25ClN2O5S2. The van der Waals surface area contributed by atoms with Gasteiger partial charge < -0.3 is 4.74 Å². The number of benzene rings is 2. The molecule has 1 aliphatic rings. The molecule has 0 bridgehead atoms. The van der Waals surface area contributed by atoms with E-state index >= 15 is 0 Å². The van der Waals surface area contributed by atoms with Crippen LogP contribution in [0, 0.1) is 6.92 Å². The predicted octanol–water partition coefficient (Wildman–Crippen LogP) is 4.02. The van der Waals surface area contributed by atoms with Gasteiger partial charge in [-0.25, -0.2) is 16.8 Å². The van der Waals surface area contributed by atoms with Crippen LogP contribution in [0.2, 0.25) is 5.02 Å². The third-order valence-electron chi connectivity index (χ3n) is 4.81. The number of hydrogen-bond acceptors (Lipinski definition) is 5. The average Bonchev–Trinajstić information content (AvgIpc) is 2.69. The van der Waals surface area contributed by atoms with Gasteiger partial charge in [-0.1, -0.05) is 24.1 Å². The molecule has 0 spiro atoms. The van der Waals surface area contributed by atoms with Gasteiger partial charge in [0.15, 0.2) is 0 Å². The van der Waals surface area contributed by atoms with Crippen LogP contribution >= 0.6 is 11.6 Å². The summed E-state index contributed by atoms with van der Waals surface area (Å²) in [4.78, 5) is -0.134. The van der Waals surface area contributed by atoms with E-state index in [-0.39, 0.29) is 32.9 Å². The molecule has 164 valence electrons. The van der Waals surface area contributed by atoms with Crippen molar-refractivity contribution in [2.75, 3.05) is 24.4 Å². The second-order valence-corrected chi connectivity index (χ2v) is 11.1. The van der Waals surface area contributed by atoms with Gasteiger partial charge in [-0.3, -0.25) is 4.72 Å². The Hall–Kier alpha value is -1.81. The average molecular weight is 473 g/mol. The molecule has 0 aliphatic carbocycles. The zero-order valence-electron chi connectivity index (χ0n) is 16.9. The van der Waals surface area contributed by atoms with Gasteiger partial charge in [-0.05, 0) is 62.6 Å². The summed E-state index contributed by atoms with van der Waals surface area (Å²) in [5.74, 6) is 0.194. The third kappa shape index (κ3) is 4.91. The van der Waals surface area contributed by atoms with E-state index in [1.165, 1.54) is 28.6 Å². The van der Waals surface area contributed by atoms with Crippen molar-refractivity contribution in [2.24, 2.45) is 0 Å². The molecule has 10 heteroatoms. The molecule has 3 rings (SSSR count). The van der Waals surface area contributed by atoms with Crippen LogP contribution in [0.5, 0.6) is 5.75 Å². The number of sulfonamides is 2. The van der Waals surface area contributed by atoms with Crippen LogP contribution in [0.3, 0.4) is 0 Å². The first-order chi connectivity index (χ1) is 14.1.